The minimum atomic E-state index is -0.121. The van der Waals surface area contributed by atoms with E-state index in [0.717, 1.165) is 22.4 Å². The number of hydrogen-bond acceptors (Lipinski definition) is 5. The zero-order valence-electron chi connectivity index (χ0n) is 16.7. The molecule has 5 nitrogen and oxygen atoms in total. The van der Waals surface area contributed by atoms with Crippen LogP contribution < -0.4 is 4.74 Å². The molecule has 150 valence electrons. The van der Waals surface area contributed by atoms with Crippen molar-refractivity contribution in [2.45, 2.75) is 26.4 Å². The summed E-state index contributed by atoms with van der Waals surface area (Å²) in [5, 5.41) is 0. The van der Waals surface area contributed by atoms with Crippen molar-refractivity contribution in [3.8, 4) is 17.2 Å². The highest BCUT2D eigenvalue weighted by molar-refractivity contribution is 5.92. The fourth-order valence-corrected chi connectivity index (χ4v) is 2.99. The van der Waals surface area contributed by atoms with Gasteiger partial charge in [0.05, 0.1) is 6.20 Å². The van der Waals surface area contributed by atoms with E-state index in [-0.39, 0.29) is 11.7 Å². The Morgan fingerprint density at radius 2 is 1.67 bits per heavy atom. The van der Waals surface area contributed by atoms with Crippen molar-refractivity contribution >= 4 is 5.78 Å². The molecular formula is C25H22N2O3. The molecule has 0 fully saturated rings. The van der Waals surface area contributed by atoms with Crippen molar-refractivity contribution in [3.63, 3.8) is 0 Å². The number of hydrogen-bond donors (Lipinski definition) is 0. The number of aromatic nitrogens is 2. The van der Waals surface area contributed by atoms with Crippen molar-refractivity contribution in [1.29, 1.82) is 0 Å². The Hall–Kier alpha value is -3.73. The van der Waals surface area contributed by atoms with Crippen LogP contribution in [0.4, 0.5) is 0 Å². The Labute approximate surface area is 175 Å². The molecule has 4 rings (SSSR count). The van der Waals surface area contributed by atoms with Gasteiger partial charge in [0.15, 0.2) is 5.76 Å². The summed E-state index contributed by atoms with van der Waals surface area (Å²) >= 11 is 0. The molecule has 0 radical (unpaired) electrons. The predicted molar refractivity (Wildman–Crippen MR) is 114 cm³/mol. The third-order valence-electron chi connectivity index (χ3n) is 4.72. The largest absolute Gasteiger partial charge is 0.489 e. The van der Waals surface area contributed by atoms with Crippen LogP contribution in [-0.4, -0.2) is 15.8 Å². The van der Waals surface area contributed by atoms with Crippen molar-refractivity contribution in [1.82, 2.24) is 9.97 Å². The van der Waals surface area contributed by atoms with Crippen LogP contribution in [-0.2, 0) is 13.0 Å². The first-order valence-electron chi connectivity index (χ1n) is 9.85. The van der Waals surface area contributed by atoms with Gasteiger partial charge in [-0.25, -0.2) is 4.98 Å². The molecule has 0 unspecified atom stereocenters. The maximum absolute atomic E-state index is 12.4. The van der Waals surface area contributed by atoms with E-state index in [0.29, 0.717) is 30.9 Å². The number of oxazole rings is 1. The summed E-state index contributed by atoms with van der Waals surface area (Å²) < 4.78 is 11.4. The lowest BCUT2D eigenvalue weighted by molar-refractivity contribution is 0.0950. The summed E-state index contributed by atoms with van der Waals surface area (Å²) in [4.78, 5) is 20.9. The molecule has 0 aliphatic rings. The first-order valence-corrected chi connectivity index (χ1v) is 9.85. The molecule has 2 aromatic carbocycles. The number of carbonyl (C=O) groups is 1. The molecule has 0 saturated heterocycles. The first kappa shape index (κ1) is 19.6. The monoisotopic (exact) mass is 398 g/mol. The quantitative estimate of drug-likeness (QED) is 0.370. The highest BCUT2D eigenvalue weighted by atomic mass is 16.5. The molecule has 0 aliphatic carbocycles. The van der Waals surface area contributed by atoms with Crippen molar-refractivity contribution in [3.05, 3.63) is 102 Å². The zero-order valence-corrected chi connectivity index (χ0v) is 16.7. The fourth-order valence-electron chi connectivity index (χ4n) is 2.99. The number of benzene rings is 2. The van der Waals surface area contributed by atoms with E-state index in [1.807, 2.05) is 73.7 Å². The minimum absolute atomic E-state index is 0.121. The van der Waals surface area contributed by atoms with Crippen LogP contribution in [0.15, 0.2) is 83.5 Å². The molecule has 0 spiro atoms. The summed E-state index contributed by atoms with van der Waals surface area (Å²) in [6.07, 6.45) is 4.26. The molecule has 4 aromatic rings. The van der Waals surface area contributed by atoms with Crippen molar-refractivity contribution in [2.24, 2.45) is 0 Å². The van der Waals surface area contributed by atoms with Gasteiger partial charge in [0.1, 0.15) is 18.1 Å². The number of para-hydroxylation sites is 1. The normalized spacial score (nSPS) is 10.7. The van der Waals surface area contributed by atoms with Gasteiger partial charge in [0.2, 0.25) is 5.78 Å². The van der Waals surface area contributed by atoms with Crippen LogP contribution >= 0.6 is 0 Å². The molecule has 0 aliphatic heterocycles. The van der Waals surface area contributed by atoms with Gasteiger partial charge in [0.25, 0.3) is 5.89 Å². The third-order valence-corrected chi connectivity index (χ3v) is 4.72. The Balaban J connectivity index is 1.30. The number of rotatable bonds is 8. The minimum Gasteiger partial charge on any atom is -0.489 e. The van der Waals surface area contributed by atoms with E-state index in [9.17, 15) is 4.79 Å². The topological polar surface area (TPSA) is 65.2 Å². The molecule has 2 aromatic heterocycles. The number of pyridine rings is 1. The average Bonchev–Trinajstić information content (AvgIpc) is 3.28. The van der Waals surface area contributed by atoms with Crippen LogP contribution in [0, 0.1) is 6.92 Å². The Kier molecular flexibility index (Phi) is 5.99. The summed E-state index contributed by atoms with van der Waals surface area (Å²) in [7, 11) is 0. The third kappa shape index (κ3) is 5.00. The lowest BCUT2D eigenvalue weighted by atomic mass is 10.1. The standard InChI is InChI=1S/C25H22N2O3/c1-18-7-13-22(26-15-18)24-16-27-25(30-24)23(28)14-12-19-8-10-20(11-9-19)17-29-21-5-3-2-4-6-21/h2-11,13,15-16H,12,14,17H2,1H3. The number of aryl methyl sites for hydroxylation is 2. The molecule has 0 atom stereocenters. The molecule has 0 bridgehead atoms. The maximum Gasteiger partial charge on any atom is 0.263 e. The number of ether oxygens (including phenoxy) is 1. The molecule has 5 heteroatoms. The first-order chi connectivity index (χ1) is 14.7. The smallest absolute Gasteiger partial charge is 0.263 e. The fraction of sp³-hybridized carbons (Fsp3) is 0.160. The maximum atomic E-state index is 12.4. The lowest BCUT2D eigenvalue weighted by Gasteiger charge is -2.07. The van der Waals surface area contributed by atoms with Crippen LogP contribution in [0.2, 0.25) is 0 Å². The molecule has 2 heterocycles. The van der Waals surface area contributed by atoms with Crippen molar-refractivity contribution in [2.75, 3.05) is 0 Å². The summed E-state index contributed by atoms with van der Waals surface area (Å²) in [5.74, 6) is 1.35. The summed E-state index contributed by atoms with van der Waals surface area (Å²) in [5.41, 5.74) is 3.89. The number of ketones is 1. The molecule has 0 N–H and O–H groups in total. The predicted octanol–water partition coefficient (Wildman–Crippen LogP) is 5.44. The lowest BCUT2D eigenvalue weighted by Crippen LogP contribution is -2.02. The van der Waals surface area contributed by atoms with E-state index in [4.69, 9.17) is 9.15 Å². The van der Waals surface area contributed by atoms with Gasteiger partial charge in [0, 0.05) is 12.6 Å². The SMILES string of the molecule is Cc1ccc(-c2cnc(C(=O)CCc3ccc(COc4ccccc4)cc3)o2)nc1. The van der Waals surface area contributed by atoms with E-state index in [1.54, 1.807) is 12.4 Å². The Morgan fingerprint density at radius 1 is 0.900 bits per heavy atom. The number of Topliss-reactive ketones (excluding diaryl/α,β-unsaturated/α-hetero) is 1. The van der Waals surface area contributed by atoms with Crippen molar-refractivity contribution < 1.29 is 13.9 Å². The second kappa shape index (κ2) is 9.18. The van der Waals surface area contributed by atoms with Crippen LogP contribution in [0.3, 0.4) is 0 Å². The summed E-state index contributed by atoms with van der Waals surface area (Å²) in [6, 6.07) is 21.6. The second-order valence-electron chi connectivity index (χ2n) is 7.09. The van der Waals surface area contributed by atoms with E-state index in [2.05, 4.69) is 9.97 Å². The van der Waals surface area contributed by atoms with Crippen LogP contribution in [0.25, 0.3) is 11.5 Å². The van der Waals surface area contributed by atoms with Gasteiger partial charge < -0.3 is 9.15 Å². The highest BCUT2D eigenvalue weighted by Crippen LogP contribution is 2.19. The van der Waals surface area contributed by atoms with Gasteiger partial charge in [-0.05, 0) is 48.2 Å². The van der Waals surface area contributed by atoms with Gasteiger partial charge in [-0.15, -0.1) is 0 Å². The van der Waals surface area contributed by atoms with E-state index < -0.39 is 0 Å². The second-order valence-corrected chi connectivity index (χ2v) is 7.09. The molecular weight excluding hydrogens is 376 g/mol. The highest BCUT2D eigenvalue weighted by Gasteiger charge is 2.15. The van der Waals surface area contributed by atoms with Crippen LogP contribution in [0.1, 0.15) is 33.8 Å². The molecule has 0 saturated carbocycles. The number of nitrogens with zero attached hydrogens (tertiary/aromatic N) is 2. The Morgan fingerprint density at radius 3 is 2.40 bits per heavy atom. The zero-order chi connectivity index (χ0) is 20.8. The van der Waals surface area contributed by atoms with E-state index in [1.165, 1.54) is 0 Å². The van der Waals surface area contributed by atoms with Gasteiger partial charge in [-0.1, -0.05) is 48.5 Å². The number of carbonyl (C=O) groups excluding carboxylic acids is 1. The van der Waals surface area contributed by atoms with Crippen LogP contribution in [0.5, 0.6) is 5.75 Å². The van der Waals surface area contributed by atoms with Gasteiger partial charge in [-0.2, -0.15) is 0 Å². The van der Waals surface area contributed by atoms with Gasteiger partial charge >= 0.3 is 0 Å². The van der Waals surface area contributed by atoms with E-state index >= 15 is 0 Å². The summed E-state index contributed by atoms with van der Waals surface area (Å²) in [6.45, 7) is 2.48. The molecule has 0 amide bonds. The Bertz CT molecular complexity index is 1100. The molecule has 30 heavy (non-hydrogen) atoms. The van der Waals surface area contributed by atoms with Gasteiger partial charge in [-0.3, -0.25) is 9.78 Å². The average molecular weight is 398 g/mol.